The van der Waals surface area contributed by atoms with Gasteiger partial charge in [0.05, 0.1) is 6.04 Å². The lowest BCUT2D eigenvalue weighted by atomic mass is 9.96. The molecule has 3 N–H and O–H groups in total. The monoisotopic (exact) mass is 564 g/mol. The Morgan fingerprint density at radius 3 is 2.12 bits per heavy atom. The molecule has 1 saturated carbocycles. The van der Waals surface area contributed by atoms with Crippen molar-refractivity contribution in [3.8, 4) is 0 Å². The van der Waals surface area contributed by atoms with Crippen molar-refractivity contribution in [2.24, 2.45) is 5.92 Å². The molecule has 1 heterocycles. The van der Waals surface area contributed by atoms with Crippen LogP contribution in [0.5, 0.6) is 0 Å². The third kappa shape index (κ3) is 10.9. The van der Waals surface area contributed by atoms with Gasteiger partial charge in [-0.05, 0) is 50.9 Å². The van der Waals surface area contributed by atoms with Crippen molar-refractivity contribution in [2.45, 2.75) is 129 Å². The Hall–Kier alpha value is -2.91. The van der Waals surface area contributed by atoms with E-state index >= 15 is 0 Å². The summed E-state index contributed by atoms with van der Waals surface area (Å²) in [6.45, 7) is 14.0. The molecule has 0 radical (unpaired) electrons. The summed E-state index contributed by atoms with van der Waals surface area (Å²) in [5.41, 5.74) is 0. The zero-order valence-corrected chi connectivity index (χ0v) is 25.3. The minimum absolute atomic E-state index is 0.0194. The molecule has 1 unspecified atom stereocenters. The number of carbonyl (C=O) groups excluding carboxylic acids is 5. The largest absolute Gasteiger partial charge is 0.446 e. The van der Waals surface area contributed by atoms with Crippen molar-refractivity contribution in [1.29, 1.82) is 0 Å². The van der Waals surface area contributed by atoms with Gasteiger partial charge in [0, 0.05) is 13.1 Å². The number of ketones is 1. The van der Waals surface area contributed by atoms with Crippen LogP contribution in [-0.4, -0.2) is 71.8 Å². The number of nitrogens with zero attached hydrogens (tertiary/aromatic N) is 1. The minimum atomic E-state index is -0.973. The molecule has 4 amide bonds. The molecule has 3 atom stereocenters. The molecule has 1 saturated heterocycles. The van der Waals surface area contributed by atoms with E-state index in [4.69, 9.17) is 4.74 Å². The van der Waals surface area contributed by atoms with E-state index < -0.39 is 41.8 Å². The molecule has 40 heavy (non-hydrogen) atoms. The number of amides is 4. The smallest absolute Gasteiger partial charge is 0.408 e. The van der Waals surface area contributed by atoms with Crippen LogP contribution in [0.4, 0.5) is 4.79 Å². The van der Waals surface area contributed by atoms with Crippen LogP contribution in [0.3, 0.4) is 0 Å². The zero-order valence-electron chi connectivity index (χ0n) is 25.3. The highest BCUT2D eigenvalue weighted by Crippen LogP contribution is 2.30. The van der Waals surface area contributed by atoms with E-state index in [0.29, 0.717) is 45.1 Å². The van der Waals surface area contributed by atoms with Gasteiger partial charge in [0.15, 0.2) is 0 Å². The number of ether oxygens (including phenoxy) is 1. The summed E-state index contributed by atoms with van der Waals surface area (Å²) in [7, 11) is 0. The number of alkyl carbamates (subject to hydrolysis) is 1. The fourth-order valence-corrected chi connectivity index (χ4v) is 5.16. The average Bonchev–Trinajstić information content (AvgIpc) is 3.65. The van der Waals surface area contributed by atoms with Crippen molar-refractivity contribution in [3.63, 3.8) is 0 Å². The summed E-state index contributed by atoms with van der Waals surface area (Å²) in [5, 5.41) is 7.97. The van der Waals surface area contributed by atoms with E-state index in [2.05, 4.69) is 36.4 Å². The molecule has 10 nitrogen and oxygen atoms in total. The molecular weight excluding hydrogens is 512 g/mol. The summed E-state index contributed by atoms with van der Waals surface area (Å²) in [6, 6.07) is -2.51. The first-order valence-corrected chi connectivity index (χ1v) is 15.2. The Morgan fingerprint density at radius 2 is 1.57 bits per heavy atom. The summed E-state index contributed by atoms with van der Waals surface area (Å²) >= 11 is 0. The molecule has 10 heteroatoms. The van der Waals surface area contributed by atoms with Gasteiger partial charge in [-0.3, -0.25) is 19.2 Å². The normalized spacial score (nSPS) is 18.2. The number of Topliss-reactive ketones (excluding diaryl/α,β-unsaturated/α-hetero) is 1. The number of rotatable bonds is 14. The van der Waals surface area contributed by atoms with Crippen LogP contribution in [0, 0.1) is 5.92 Å². The van der Waals surface area contributed by atoms with Crippen LogP contribution in [0.2, 0.25) is 0 Å². The van der Waals surface area contributed by atoms with E-state index in [0.717, 1.165) is 25.7 Å². The van der Waals surface area contributed by atoms with Gasteiger partial charge >= 0.3 is 6.09 Å². The minimum Gasteiger partial charge on any atom is -0.446 e. The molecule has 228 valence electrons. The maximum atomic E-state index is 13.7. The van der Waals surface area contributed by atoms with Crippen molar-refractivity contribution < 1.29 is 28.7 Å². The van der Waals surface area contributed by atoms with E-state index in [1.165, 1.54) is 17.4 Å². The summed E-state index contributed by atoms with van der Waals surface area (Å²) in [5.74, 6) is -2.27. The van der Waals surface area contributed by atoms with Gasteiger partial charge in [0.1, 0.15) is 18.2 Å². The molecular formula is C30H52N4O6. The highest BCUT2D eigenvalue weighted by atomic mass is 16.6. The molecule has 0 aromatic heterocycles. The van der Waals surface area contributed by atoms with Gasteiger partial charge in [0.25, 0.3) is 5.91 Å². The number of hydrogen-bond donors (Lipinski definition) is 3. The van der Waals surface area contributed by atoms with Crippen LogP contribution < -0.4 is 16.0 Å². The Kier molecular flexibility index (Phi) is 16.9. The van der Waals surface area contributed by atoms with E-state index in [1.54, 1.807) is 0 Å². The standard InChI is InChI=1S/C27H44N4O6.C3H8/c1-5-12-20(23(32)25(34)28-16-6-2)29-24(33)21-15-11-17-31(21)26(35)22(18-13-9-10-14-18)30-27(36)37-19(7-3)8-4;1-3-2/h6,18-22H,2,5,7-17H2,1,3-4H3,(H,28,34)(H,29,33)(H,30,36);3H2,1-2H3/t20?,21-,22-;/m0./s1. The van der Waals surface area contributed by atoms with Crippen LogP contribution >= 0.6 is 0 Å². The van der Waals surface area contributed by atoms with E-state index in [9.17, 15) is 24.0 Å². The van der Waals surface area contributed by atoms with Crippen LogP contribution in [-0.2, 0) is 23.9 Å². The Balaban J connectivity index is 0.00000254. The van der Waals surface area contributed by atoms with Crippen molar-refractivity contribution >= 4 is 29.6 Å². The fourth-order valence-electron chi connectivity index (χ4n) is 5.16. The summed E-state index contributed by atoms with van der Waals surface area (Å²) in [4.78, 5) is 65.9. The van der Waals surface area contributed by atoms with Gasteiger partial charge in [-0.1, -0.05) is 66.4 Å². The molecule has 2 rings (SSSR count). The lowest BCUT2D eigenvalue weighted by Gasteiger charge is -2.32. The second kappa shape index (κ2) is 19.2. The number of carbonyl (C=O) groups is 5. The predicted octanol–water partition coefficient (Wildman–Crippen LogP) is 4.02. The summed E-state index contributed by atoms with van der Waals surface area (Å²) < 4.78 is 5.50. The van der Waals surface area contributed by atoms with Crippen molar-refractivity contribution in [3.05, 3.63) is 12.7 Å². The van der Waals surface area contributed by atoms with Crippen LogP contribution in [0.25, 0.3) is 0 Å². The quantitative estimate of drug-likeness (QED) is 0.216. The van der Waals surface area contributed by atoms with Gasteiger partial charge in [0.2, 0.25) is 17.6 Å². The molecule has 0 bridgehead atoms. The van der Waals surface area contributed by atoms with E-state index in [1.807, 2.05) is 20.8 Å². The molecule has 2 aliphatic rings. The van der Waals surface area contributed by atoms with Gasteiger partial charge in [-0.15, -0.1) is 6.58 Å². The van der Waals surface area contributed by atoms with E-state index in [-0.39, 0.29) is 24.5 Å². The lowest BCUT2D eigenvalue weighted by molar-refractivity contribution is -0.143. The number of hydrogen-bond acceptors (Lipinski definition) is 6. The van der Waals surface area contributed by atoms with Crippen LogP contribution in [0.15, 0.2) is 12.7 Å². The van der Waals surface area contributed by atoms with Gasteiger partial charge < -0.3 is 25.6 Å². The third-order valence-electron chi connectivity index (χ3n) is 7.27. The van der Waals surface area contributed by atoms with Crippen molar-refractivity contribution in [2.75, 3.05) is 13.1 Å². The first-order valence-electron chi connectivity index (χ1n) is 15.2. The van der Waals surface area contributed by atoms with Gasteiger partial charge in [-0.2, -0.15) is 0 Å². The lowest BCUT2D eigenvalue weighted by Crippen LogP contribution is -2.57. The molecule has 0 spiro atoms. The Labute approximate surface area is 240 Å². The Morgan fingerprint density at radius 1 is 0.950 bits per heavy atom. The second-order valence-corrected chi connectivity index (χ2v) is 10.6. The van der Waals surface area contributed by atoms with Crippen LogP contribution in [0.1, 0.15) is 105 Å². The highest BCUT2D eigenvalue weighted by molar-refractivity contribution is 6.38. The first-order chi connectivity index (χ1) is 19.2. The SMILES string of the molecule is C=CCNC(=O)C(=O)C(CCC)NC(=O)[C@@H]1CCCN1C(=O)[C@@H](NC(=O)OC(CC)CC)C1CCCC1.CCC. The fraction of sp³-hybridized carbons (Fsp3) is 0.767. The molecule has 1 aliphatic heterocycles. The second-order valence-electron chi connectivity index (χ2n) is 10.6. The number of nitrogens with one attached hydrogen (secondary N) is 3. The molecule has 1 aliphatic carbocycles. The molecule has 2 fully saturated rings. The zero-order chi connectivity index (χ0) is 30.1. The van der Waals surface area contributed by atoms with Gasteiger partial charge in [-0.25, -0.2) is 4.79 Å². The maximum absolute atomic E-state index is 13.7. The maximum Gasteiger partial charge on any atom is 0.408 e. The third-order valence-corrected chi connectivity index (χ3v) is 7.27. The average molecular weight is 565 g/mol. The Bertz CT molecular complexity index is 838. The topological polar surface area (TPSA) is 134 Å². The molecule has 0 aromatic carbocycles. The number of likely N-dealkylation sites (tertiary alicyclic amines) is 1. The first kappa shape index (κ1) is 35.1. The predicted molar refractivity (Wildman–Crippen MR) is 155 cm³/mol. The highest BCUT2D eigenvalue weighted by Gasteiger charge is 2.42. The molecule has 0 aromatic rings. The van der Waals surface area contributed by atoms with Crippen molar-refractivity contribution in [1.82, 2.24) is 20.9 Å². The summed E-state index contributed by atoms with van der Waals surface area (Å²) in [6.07, 6.45) is 8.83.